The molecule has 0 amide bonds. The number of carbonyl (C=O) groups is 1. The number of carboxylic acid groups (broad SMARTS) is 1. The van der Waals surface area contributed by atoms with Crippen molar-refractivity contribution in [3.63, 3.8) is 0 Å². The minimum Gasteiger partial charge on any atom is -1.00 e. The fraction of sp³-hybridized carbons (Fsp3) is 0.600. The Bertz CT molecular complexity index is 825. The Morgan fingerprint density at radius 2 is 2.07 bits per heavy atom. The first-order chi connectivity index (χ1) is 12.8. The molecule has 0 spiro atoms. The highest BCUT2D eigenvalue weighted by atomic mass is 35.5. The van der Waals surface area contributed by atoms with Crippen molar-refractivity contribution in [3.8, 4) is 0 Å². The number of hydrogen-bond acceptors (Lipinski definition) is 9. The van der Waals surface area contributed by atoms with Crippen molar-refractivity contribution in [2.45, 2.75) is 37.0 Å². The number of carboxylic acids is 1. The maximum atomic E-state index is 10.8. The van der Waals surface area contributed by atoms with Crippen molar-refractivity contribution in [1.82, 2.24) is 19.5 Å². The molecule has 1 aliphatic heterocycles. The Labute approximate surface area is 169 Å². The highest BCUT2D eigenvalue weighted by Gasteiger charge is 2.46. The van der Waals surface area contributed by atoms with E-state index in [-0.39, 0.29) is 29.1 Å². The molecule has 0 saturated carbocycles. The van der Waals surface area contributed by atoms with Crippen LogP contribution in [0.4, 0.5) is 5.82 Å². The highest BCUT2D eigenvalue weighted by molar-refractivity contribution is 7.96. The van der Waals surface area contributed by atoms with Gasteiger partial charge in [-0.25, -0.2) is 15.0 Å². The molecule has 7 N–H and O–H groups in total. The Balaban J connectivity index is 0.00000280. The number of aliphatic hydroxyl groups excluding tert-OH is 2. The maximum absolute atomic E-state index is 10.8. The fourth-order valence-corrected chi connectivity index (χ4v) is 4.63. The van der Waals surface area contributed by atoms with E-state index in [1.54, 1.807) is 0 Å². The van der Waals surface area contributed by atoms with E-state index in [2.05, 4.69) is 15.0 Å². The zero-order chi connectivity index (χ0) is 19.7. The summed E-state index contributed by atoms with van der Waals surface area (Å²) in [5.74, 6) is 0.254. The second-order valence-electron chi connectivity index (χ2n) is 6.51. The third kappa shape index (κ3) is 4.47. The van der Waals surface area contributed by atoms with Crippen LogP contribution in [0.15, 0.2) is 12.7 Å². The summed E-state index contributed by atoms with van der Waals surface area (Å²) in [6.45, 7) is 0. The number of nitrogens with two attached hydrogens (primary N) is 2. The van der Waals surface area contributed by atoms with Gasteiger partial charge in [-0.1, -0.05) is 0 Å². The van der Waals surface area contributed by atoms with E-state index in [1.807, 2.05) is 6.26 Å². The van der Waals surface area contributed by atoms with Gasteiger partial charge in [0.05, 0.1) is 12.6 Å². The van der Waals surface area contributed by atoms with Gasteiger partial charge in [0.2, 0.25) is 0 Å². The Morgan fingerprint density at radius 1 is 1.36 bits per heavy atom. The summed E-state index contributed by atoms with van der Waals surface area (Å²) < 4.78 is 7.41. The third-order valence-corrected chi connectivity index (χ3v) is 6.37. The first-order valence-corrected chi connectivity index (χ1v) is 10.3. The molecule has 0 aromatic carbocycles. The van der Waals surface area contributed by atoms with Gasteiger partial charge in [0.15, 0.2) is 17.7 Å². The lowest BCUT2D eigenvalue weighted by molar-refractivity contribution is -0.138. The first kappa shape index (κ1) is 22.6. The lowest BCUT2D eigenvalue weighted by Crippen LogP contribution is -3.00. The van der Waals surface area contributed by atoms with Crippen LogP contribution < -0.4 is 23.9 Å². The number of halogens is 1. The number of aromatic nitrogens is 4. The third-order valence-electron chi connectivity index (χ3n) is 4.54. The fourth-order valence-electron chi connectivity index (χ4n) is 2.97. The number of nitrogens with zero attached hydrogens (tertiary/aromatic N) is 4. The van der Waals surface area contributed by atoms with E-state index in [0.717, 1.165) is 0 Å². The van der Waals surface area contributed by atoms with E-state index in [9.17, 15) is 15.0 Å². The summed E-state index contributed by atoms with van der Waals surface area (Å²) in [6.07, 6.45) is 1.31. The molecule has 13 heteroatoms. The average Bonchev–Trinajstić information content (AvgIpc) is 3.17. The Morgan fingerprint density at radius 3 is 2.75 bits per heavy atom. The smallest absolute Gasteiger partial charge is 0.320 e. The molecule has 2 aromatic rings. The molecule has 0 aliphatic carbocycles. The summed E-state index contributed by atoms with van der Waals surface area (Å²) in [5, 5.41) is 29.7. The van der Waals surface area contributed by atoms with Gasteiger partial charge in [-0.3, -0.25) is 9.36 Å². The summed E-state index contributed by atoms with van der Waals surface area (Å²) in [5.41, 5.74) is 12.1. The topological polar surface area (TPSA) is 183 Å². The van der Waals surface area contributed by atoms with Gasteiger partial charge in [0.25, 0.3) is 0 Å². The zero-order valence-corrected chi connectivity index (χ0v) is 16.6. The Kier molecular flexibility index (Phi) is 7.42. The number of fused-ring (bicyclic) bond motifs is 1. The van der Waals surface area contributed by atoms with Crippen molar-refractivity contribution < 1.29 is 37.3 Å². The number of rotatable bonds is 7. The molecule has 1 fully saturated rings. The second kappa shape index (κ2) is 9.20. The van der Waals surface area contributed by atoms with E-state index < -0.39 is 36.6 Å². The monoisotopic (exact) mass is 434 g/mol. The van der Waals surface area contributed by atoms with Gasteiger partial charge >= 0.3 is 5.97 Å². The molecule has 3 rings (SSSR count). The van der Waals surface area contributed by atoms with Crippen molar-refractivity contribution in [1.29, 1.82) is 0 Å². The van der Waals surface area contributed by atoms with Crippen LogP contribution in [0.25, 0.3) is 11.2 Å². The van der Waals surface area contributed by atoms with Crippen LogP contribution in [-0.2, 0) is 20.4 Å². The molecule has 6 atom stereocenters. The van der Waals surface area contributed by atoms with Gasteiger partial charge in [0.1, 0.15) is 47.7 Å². The molecule has 3 heterocycles. The highest BCUT2D eigenvalue weighted by Crippen LogP contribution is 2.32. The number of ether oxygens (including phenoxy) is 1. The van der Waals surface area contributed by atoms with Crippen LogP contribution in [0.2, 0.25) is 0 Å². The normalized spacial score (nSPS) is 26.7. The maximum Gasteiger partial charge on any atom is 0.320 e. The number of imidazole rings is 1. The van der Waals surface area contributed by atoms with Crippen LogP contribution in [-0.4, -0.2) is 82.9 Å². The molecular weight excluding hydrogens is 412 g/mol. The predicted molar refractivity (Wildman–Crippen MR) is 98.9 cm³/mol. The molecule has 2 aromatic heterocycles. The quantitative estimate of drug-likeness (QED) is 0.265. The van der Waals surface area contributed by atoms with Gasteiger partial charge < -0.3 is 43.9 Å². The van der Waals surface area contributed by atoms with Crippen LogP contribution in [0.3, 0.4) is 0 Å². The van der Waals surface area contributed by atoms with Gasteiger partial charge in [-0.05, 0) is 10.9 Å². The molecule has 0 bridgehead atoms. The minimum atomic E-state index is -1.16. The standard InChI is InChI=1S/C15H22N6O5S.ClH/c1-27(3-2-7(16)15(24)25)4-8-10(22)11(23)14(26-8)21-6-20-9-12(17)18-5-19-13(9)21;/h5-8,10-11,14,22-23H,2-4,16H2,1H3,(H2-,17,18,19,24,25);1H/t7-,8?,10?,11?,14?,27?;/m1./s1. The molecule has 28 heavy (non-hydrogen) atoms. The number of nitrogen functional groups attached to an aromatic ring is 1. The minimum absolute atomic E-state index is 0. The van der Waals surface area contributed by atoms with Crippen LogP contribution >= 0.6 is 0 Å². The summed E-state index contributed by atoms with van der Waals surface area (Å²) in [4.78, 5) is 23.0. The second-order valence-corrected chi connectivity index (χ2v) is 8.82. The van der Waals surface area contributed by atoms with Crippen molar-refractivity contribution >= 4 is 33.8 Å². The molecule has 5 unspecified atom stereocenters. The number of anilines is 1. The SMILES string of the molecule is C[S+](CC[C@@H](N)C(=O)O)CC1OC(n2cnc3c(N)ncnc32)C(O)C1O.[Cl-]. The number of aliphatic hydroxyl groups is 2. The molecule has 156 valence electrons. The molecule has 1 saturated heterocycles. The van der Waals surface area contributed by atoms with Crippen LogP contribution in [0, 0.1) is 0 Å². The summed E-state index contributed by atoms with van der Waals surface area (Å²) in [7, 11) is -0.235. The van der Waals surface area contributed by atoms with E-state index in [0.29, 0.717) is 29.1 Å². The number of aliphatic carboxylic acids is 1. The lowest BCUT2D eigenvalue weighted by atomic mass is 10.1. The van der Waals surface area contributed by atoms with E-state index >= 15 is 0 Å². The average molecular weight is 435 g/mol. The number of hydrogen-bond donors (Lipinski definition) is 5. The first-order valence-electron chi connectivity index (χ1n) is 8.31. The van der Waals surface area contributed by atoms with E-state index in [1.165, 1.54) is 17.2 Å². The van der Waals surface area contributed by atoms with Gasteiger partial charge in [-0.2, -0.15) is 0 Å². The predicted octanol–water partition coefficient (Wildman–Crippen LogP) is -4.92. The lowest BCUT2D eigenvalue weighted by Gasteiger charge is -2.16. The van der Waals surface area contributed by atoms with Crippen molar-refractivity contribution in [2.75, 3.05) is 23.5 Å². The Hall–Kier alpha value is -1.70. The molecular formula is C15H23ClN6O5S. The van der Waals surface area contributed by atoms with Crippen molar-refractivity contribution in [2.24, 2.45) is 5.73 Å². The summed E-state index contributed by atoms with van der Waals surface area (Å²) in [6, 6.07) is -0.907. The molecule has 1 aliphatic rings. The van der Waals surface area contributed by atoms with E-state index in [4.69, 9.17) is 21.3 Å². The summed E-state index contributed by atoms with van der Waals surface area (Å²) >= 11 is 0. The largest absolute Gasteiger partial charge is 1.00 e. The van der Waals surface area contributed by atoms with Crippen LogP contribution in [0.1, 0.15) is 12.6 Å². The van der Waals surface area contributed by atoms with Crippen LogP contribution in [0.5, 0.6) is 0 Å². The zero-order valence-electron chi connectivity index (χ0n) is 15.1. The molecule has 11 nitrogen and oxygen atoms in total. The van der Waals surface area contributed by atoms with Crippen molar-refractivity contribution in [3.05, 3.63) is 12.7 Å². The van der Waals surface area contributed by atoms with Gasteiger partial charge in [-0.15, -0.1) is 0 Å². The molecule has 0 radical (unpaired) electrons. The van der Waals surface area contributed by atoms with Gasteiger partial charge in [0, 0.05) is 6.42 Å².